The summed E-state index contributed by atoms with van der Waals surface area (Å²) in [5.74, 6) is -1.50. The number of carbonyl (C=O) groups is 1. The van der Waals surface area contributed by atoms with Gasteiger partial charge in [0.2, 0.25) is 15.9 Å². The van der Waals surface area contributed by atoms with Gasteiger partial charge >= 0.3 is 0 Å². The van der Waals surface area contributed by atoms with Crippen LogP contribution in [-0.2, 0) is 21.4 Å². The Bertz CT molecular complexity index is 854. The molecule has 2 rings (SSSR count). The Morgan fingerprint density at radius 1 is 1.12 bits per heavy atom. The van der Waals surface area contributed by atoms with E-state index >= 15 is 0 Å². The molecule has 1 atom stereocenters. The predicted molar refractivity (Wildman–Crippen MR) is 91.4 cm³/mol. The fraction of sp³-hybridized carbons (Fsp3) is 0.235. The minimum Gasteiger partial charge on any atom is -0.350 e. The van der Waals surface area contributed by atoms with E-state index in [1.807, 2.05) is 0 Å². The molecular weight excluding hydrogens is 350 g/mol. The Morgan fingerprint density at radius 2 is 1.76 bits per heavy atom. The van der Waals surface area contributed by atoms with Gasteiger partial charge in [0.1, 0.15) is 17.7 Å². The molecule has 0 radical (unpaired) electrons. The van der Waals surface area contributed by atoms with E-state index in [2.05, 4.69) is 5.32 Å². The molecule has 0 spiro atoms. The molecule has 2 aromatic carbocycles. The Kier molecular flexibility index (Phi) is 5.73. The SMILES string of the molecule is CC(C(=O)NCc1cccc(F)c1)N(c1ccc(F)cc1)S(C)(=O)=O. The first-order valence-corrected chi connectivity index (χ1v) is 9.30. The van der Waals surface area contributed by atoms with E-state index in [1.54, 1.807) is 6.07 Å². The van der Waals surface area contributed by atoms with Gasteiger partial charge in [-0.05, 0) is 48.9 Å². The van der Waals surface area contributed by atoms with Crippen LogP contribution in [0.3, 0.4) is 0 Å². The summed E-state index contributed by atoms with van der Waals surface area (Å²) in [4.78, 5) is 12.3. The highest BCUT2D eigenvalue weighted by Gasteiger charge is 2.28. The standard InChI is InChI=1S/C17H18F2N2O3S/c1-12(17(22)20-11-13-4-3-5-15(19)10-13)21(25(2,23)24)16-8-6-14(18)7-9-16/h3-10,12H,11H2,1-2H3,(H,20,22). The fourth-order valence-corrected chi connectivity index (χ4v) is 3.56. The summed E-state index contributed by atoms with van der Waals surface area (Å²) < 4.78 is 51.3. The summed E-state index contributed by atoms with van der Waals surface area (Å²) in [6, 6.07) is 9.46. The minimum atomic E-state index is -3.77. The number of carbonyl (C=O) groups excluding carboxylic acids is 1. The summed E-state index contributed by atoms with van der Waals surface area (Å²) in [6.07, 6.45) is 0.965. The highest BCUT2D eigenvalue weighted by Crippen LogP contribution is 2.21. The Hall–Kier alpha value is -2.48. The summed E-state index contributed by atoms with van der Waals surface area (Å²) in [5, 5.41) is 2.57. The average Bonchev–Trinajstić information content (AvgIpc) is 2.53. The van der Waals surface area contributed by atoms with Gasteiger partial charge in [0.25, 0.3) is 0 Å². The lowest BCUT2D eigenvalue weighted by molar-refractivity contribution is -0.122. The minimum absolute atomic E-state index is 0.0575. The molecule has 1 N–H and O–H groups in total. The first kappa shape index (κ1) is 18.9. The molecular formula is C17H18F2N2O3S. The third-order valence-electron chi connectivity index (χ3n) is 3.53. The molecule has 0 fully saturated rings. The van der Waals surface area contributed by atoms with E-state index in [0.717, 1.165) is 22.7 Å². The molecule has 2 aromatic rings. The average molecular weight is 368 g/mol. The van der Waals surface area contributed by atoms with Crippen molar-refractivity contribution in [2.24, 2.45) is 0 Å². The molecule has 1 unspecified atom stereocenters. The predicted octanol–water partition coefficient (Wildman–Crippen LogP) is 2.44. The summed E-state index contributed by atoms with van der Waals surface area (Å²) in [6.45, 7) is 1.48. The van der Waals surface area contributed by atoms with Crippen molar-refractivity contribution in [2.75, 3.05) is 10.6 Å². The van der Waals surface area contributed by atoms with Gasteiger partial charge in [-0.15, -0.1) is 0 Å². The largest absolute Gasteiger partial charge is 0.350 e. The van der Waals surface area contributed by atoms with Crippen molar-refractivity contribution in [1.29, 1.82) is 0 Å². The number of amides is 1. The third-order valence-corrected chi connectivity index (χ3v) is 4.77. The Labute approximate surface area is 145 Å². The molecule has 0 bridgehead atoms. The molecule has 0 saturated heterocycles. The summed E-state index contributed by atoms with van der Waals surface area (Å²) in [5.41, 5.74) is 0.727. The van der Waals surface area contributed by atoms with Crippen molar-refractivity contribution in [3.8, 4) is 0 Å². The molecule has 0 aliphatic heterocycles. The summed E-state index contributed by atoms with van der Waals surface area (Å²) >= 11 is 0. The molecule has 0 aromatic heterocycles. The van der Waals surface area contributed by atoms with Crippen LogP contribution in [0.2, 0.25) is 0 Å². The topological polar surface area (TPSA) is 66.5 Å². The lowest BCUT2D eigenvalue weighted by Crippen LogP contribution is -2.47. The lowest BCUT2D eigenvalue weighted by atomic mass is 10.2. The number of hydrogen-bond donors (Lipinski definition) is 1. The third kappa shape index (κ3) is 4.99. The Morgan fingerprint density at radius 3 is 2.32 bits per heavy atom. The monoisotopic (exact) mass is 368 g/mol. The van der Waals surface area contributed by atoms with Gasteiger partial charge in [0.15, 0.2) is 0 Å². The van der Waals surface area contributed by atoms with Crippen molar-refractivity contribution >= 4 is 21.6 Å². The Balaban J connectivity index is 2.17. The maximum Gasteiger partial charge on any atom is 0.243 e. The number of benzene rings is 2. The van der Waals surface area contributed by atoms with Crippen molar-refractivity contribution in [3.63, 3.8) is 0 Å². The molecule has 0 heterocycles. The molecule has 5 nitrogen and oxygen atoms in total. The number of nitrogens with one attached hydrogen (secondary N) is 1. The van der Waals surface area contributed by atoms with Crippen LogP contribution in [0.5, 0.6) is 0 Å². The highest BCUT2D eigenvalue weighted by atomic mass is 32.2. The van der Waals surface area contributed by atoms with Crippen LogP contribution >= 0.6 is 0 Å². The first-order valence-electron chi connectivity index (χ1n) is 7.45. The van der Waals surface area contributed by atoms with Crippen LogP contribution in [-0.4, -0.2) is 26.6 Å². The van der Waals surface area contributed by atoms with Crippen molar-refractivity contribution in [2.45, 2.75) is 19.5 Å². The van der Waals surface area contributed by atoms with Crippen LogP contribution in [0.4, 0.5) is 14.5 Å². The van der Waals surface area contributed by atoms with Gasteiger partial charge < -0.3 is 5.32 Å². The molecule has 25 heavy (non-hydrogen) atoms. The van der Waals surface area contributed by atoms with Crippen molar-refractivity contribution < 1.29 is 22.0 Å². The van der Waals surface area contributed by atoms with Crippen LogP contribution in [0.1, 0.15) is 12.5 Å². The molecule has 8 heteroatoms. The van der Waals surface area contributed by atoms with Crippen LogP contribution in [0, 0.1) is 11.6 Å². The van der Waals surface area contributed by atoms with Gasteiger partial charge in [-0.25, -0.2) is 17.2 Å². The number of anilines is 1. The molecule has 1 amide bonds. The van der Waals surface area contributed by atoms with Gasteiger partial charge in [-0.1, -0.05) is 12.1 Å². The van der Waals surface area contributed by atoms with E-state index in [-0.39, 0.29) is 12.2 Å². The van der Waals surface area contributed by atoms with Gasteiger partial charge in [-0.3, -0.25) is 9.10 Å². The van der Waals surface area contributed by atoms with Crippen LogP contribution < -0.4 is 9.62 Å². The van der Waals surface area contributed by atoms with Gasteiger partial charge in [0.05, 0.1) is 11.9 Å². The summed E-state index contributed by atoms with van der Waals surface area (Å²) in [7, 11) is -3.77. The van der Waals surface area contributed by atoms with Gasteiger partial charge in [-0.2, -0.15) is 0 Å². The van der Waals surface area contributed by atoms with E-state index in [0.29, 0.717) is 5.56 Å². The molecule has 0 saturated carbocycles. The first-order chi connectivity index (χ1) is 11.7. The number of sulfonamides is 1. The van der Waals surface area contributed by atoms with Crippen LogP contribution in [0.15, 0.2) is 48.5 Å². The number of halogens is 2. The van der Waals surface area contributed by atoms with E-state index in [9.17, 15) is 22.0 Å². The zero-order chi connectivity index (χ0) is 18.6. The second kappa shape index (κ2) is 7.60. The van der Waals surface area contributed by atoms with Crippen LogP contribution in [0.25, 0.3) is 0 Å². The number of rotatable bonds is 6. The van der Waals surface area contributed by atoms with E-state index in [1.165, 1.54) is 37.3 Å². The fourth-order valence-electron chi connectivity index (χ4n) is 2.38. The number of nitrogens with zero attached hydrogens (tertiary/aromatic N) is 1. The molecule has 134 valence electrons. The molecule has 0 aliphatic rings. The van der Waals surface area contributed by atoms with E-state index in [4.69, 9.17) is 0 Å². The van der Waals surface area contributed by atoms with Gasteiger partial charge in [0, 0.05) is 6.54 Å². The normalized spacial score (nSPS) is 12.5. The second-order valence-corrected chi connectivity index (χ2v) is 7.42. The maximum atomic E-state index is 13.2. The van der Waals surface area contributed by atoms with Crippen molar-refractivity contribution in [1.82, 2.24) is 5.32 Å². The number of hydrogen-bond acceptors (Lipinski definition) is 3. The van der Waals surface area contributed by atoms with Crippen molar-refractivity contribution in [3.05, 3.63) is 65.7 Å². The smallest absolute Gasteiger partial charge is 0.243 e. The lowest BCUT2D eigenvalue weighted by Gasteiger charge is -2.28. The zero-order valence-corrected chi connectivity index (χ0v) is 14.6. The molecule has 0 aliphatic carbocycles. The second-order valence-electron chi connectivity index (χ2n) is 5.56. The zero-order valence-electron chi connectivity index (χ0n) is 13.7. The maximum absolute atomic E-state index is 13.2. The van der Waals surface area contributed by atoms with E-state index < -0.39 is 33.6 Å². The highest BCUT2D eigenvalue weighted by molar-refractivity contribution is 7.92. The quantitative estimate of drug-likeness (QED) is 0.852.